The minimum absolute atomic E-state index is 0.0596. The molecule has 2 atom stereocenters. The van der Waals surface area contributed by atoms with Crippen molar-refractivity contribution in [3.8, 4) is 6.07 Å². The van der Waals surface area contributed by atoms with Crippen LogP contribution in [0.25, 0.3) is 0 Å². The maximum atomic E-state index is 9.44. The van der Waals surface area contributed by atoms with Crippen molar-refractivity contribution >= 4 is 11.8 Å². The van der Waals surface area contributed by atoms with Crippen molar-refractivity contribution in [2.45, 2.75) is 52.2 Å². The Morgan fingerprint density at radius 2 is 2.11 bits per heavy atom. The van der Waals surface area contributed by atoms with Gasteiger partial charge >= 0.3 is 0 Å². The Bertz CT molecular complexity index is 694. The number of rotatable bonds is 9. The monoisotopic (exact) mass is 386 g/mol. The van der Waals surface area contributed by atoms with Crippen LogP contribution in [0, 0.1) is 17.2 Å². The van der Waals surface area contributed by atoms with E-state index in [1.807, 2.05) is 27.2 Å². The number of allylic oxidation sites excluding steroid dienone is 7. The van der Waals surface area contributed by atoms with Crippen LogP contribution in [0.4, 0.5) is 0 Å². The van der Waals surface area contributed by atoms with Crippen molar-refractivity contribution in [1.29, 1.82) is 5.26 Å². The molecule has 0 aromatic rings. The molecule has 0 saturated carbocycles. The number of nitrogens with zero attached hydrogens (tertiary/aromatic N) is 3. The smallest absolute Gasteiger partial charge is 0.123 e. The highest BCUT2D eigenvalue weighted by atomic mass is 32.2. The fourth-order valence-electron chi connectivity index (χ4n) is 3.23. The minimum atomic E-state index is -0.117. The molecule has 0 aliphatic heterocycles. The fraction of sp³-hybridized carbons (Fsp3) is 0.500. The molecule has 1 aliphatic rings. The molecule has 0 amide bonds. The Kier molecular flexibility index (Phi) is 9.48. The van der Waals surface area contributed by atoms with Gasteiger partial charge < -0.3 is 4.90 Å². The lowest BCUT2D eigenvalue weighted by molar-refractivity contribution is 0.316. The predicted molar refractivity (Wildman–Crippen MR) is 118 cm³/mol. The number of hydrazine groups is 1. The van der Waals surface area contributed by atoms with E-state index in [4.69, 9.17) is 5.84 Å². The highest BCUT2D eigenvalue weighted by Gasteiger charge is 2.21. The third-order valence-electron chi connectivity index (χ3n) is 4.89. The first-order valence-electron chi connectivity index (χ1n) is 9.43. The van der Waals surface area contributed by atoms with Gasteiger partial charge in [-0.15, -0.1) is 11.8 Å². The number of nitrogens with two attached hydrogens (primary N) is 1. The van der Waals surface area contributed by atoms with Crippen LogP contribution in [0.5, 0.6) is 0 Å². The average Bonchev–Trinajstić information content (AvgIpc) is 2.66. The normalized spacial score (nSPS) is 17.4. The Balaban J connectivity index is 3.40. The van der Waals surface area contributed by atoms with Gasteiger partial charge in [-0.25, -0.2) is 5.84 Å². The fourth-order valence-corrected chi connectivity index (χ4v) is 3.84. The Labute approximate surface area is 169 Å². The van der Waals surface area contributed by atoms with E-state index in [0.717, 1.165) is 47.6 Å². The molecule has 1 aliphatic carbocycles. The van der Waals surface area contributed by atoms with Crippen LogP contribution in [0.3, 0.4) is 0 Å². The van der Waals surface area contributed by atoms with E-state index in [2.05, 4.69) is 55.7 Å². The summed E-state index contributed by atoms with van der Waals surface area (Å²) in [4.78, 5) is 2.11. The summed E-state index contributed by atoms with van der Waals surface area (Å²) in [6.45, 7) is 12.3. The molecule has 148 valence electrons. The van der Waals surface area contributed by atoms with Crippen LogP contribution < -0.4 is 5.84 Å². The van der Waals surface area contributed by atoms with Crippen molar-refractivity contribution in [2.75, 3.05) is 13.3 Å². The van der Waals surface area contributed by atoms with E-state index >= 15 is 0 Å². The first kappa shape index (κ1) is 23.1. The zero-order valence-electron chi connectivity index (χ0n) is 17.6. The molecule has 0 heterocycles. The van der Waals surface area contributed by atoms with E-state index < -0.39 is 0 Å². The lowest BCUT2D eigenvalue weighted by Crippen LogP contribution is -2.38. The lowest BCUT2D eigenvalue weighted by atomic mass is 10.0. The van der Waals surface area contributed by atoms with Crippen molar-refractivity contribution < 1.29 is 0 Å². The van der Waals surface area contributed by atoms with Gasteiger partial charge in [-0.3, -0.25) is 5.01 Å². The molecular weight excluding hydrogens is 352 g/mol. The summed E-state index contributed by atoms with van der Waals surface area (Å²) in [7, 11) is 2.03. The second-order valence-electron chi connectivity index (χ2n) is 6.90. The zero-order valence-corrected chi connectivity index (χ0v) is 18.4. The second kappa shape index (κ2) is 11.1. The third kappa shape index (κ3) is 6.05. The zero-order chi connectivity index (χ0) is 20.6. The number of hydrogen-bond acceptors (Lipinski definition) is 5. The van der Waals surface area contributed by atoms with Crippen LogP contribution in [-0.2, 0) is 0 Å². The molecule has 0 spiro atoms. The second-order valence-corrected chi connectivity index (χ2v) is 7.88. The maximum absolute atomic E-state index is 9.44. The maximum Gasteiger partial charge on any atom is 0.123 e. The van der Waals surface area contributed by atoms with Crippen LogP contribution >= 0.6 is 11.8 Å². The first-order chi connectivity index (χ1) is 12.8. The van der Waals surface area contributed by atoms with Crippen molar-refractivity contribution in [1.82, 2.24) is 9.91 Å². The minimum Gasteiger partial charge on any atom is -0.330 e. The van der Waals surface area contributed by atoms with Gasteiger partial charge in [0.2, 0.25) is 0 Å². The Morgan fingerprint density at radius 1 is 1.44 bits per heavy atom. The van der Waals surface area contributed by atoms with Crippen molar-refractivity contribution in [2.24, 2.45) is 11.8 Å². The number of hydrogen-bond donors (Lipinski definition) is 1. The van der Waals surface area contributed by atoms with E-state index in [-0.39, 0.29) is 11.2 Å². The standard InChI is InChI=1S/C22H34N4S/c1-8-20(16(2)3)18(5)26(24)22(14-17(4)21(15-23)27-7)25(6)19-12-10-9-11-13-19/h10,12-14,17,21H,2,8-9,11,24H2,1,3-7H3/b20-18+,22-14-. The van der Waals surface area contributed by atoms with Gasteiger partial charge in [0.05, 0.1) is 11.3 Å². The van der Waals surface area contributed by atoms with Crippen molar-refractivity contribution in [3.63, 3.8) is 0 Å². The highest BCUT2D eigenvalue weighted by Crippen LogP contribution is 2.27. The molecule has 0 aromatic carbocycles. The van der Waals surface area contributed by atoms with Crippen LogP contribution in [0.2, 0.25) is 0 Å². The van der Waals surface area contributed by atoms with Gasteiger partial charge in [0, 0.05) is 24.4 Å². The summed E-state index contributed by atoms with van der Waals surface area (Å²) in [5, 5.41) is 11.1. The summed E-state index contributed by atoms with van der Waals surface area (Å²) in [5.74, 6) is 7.53. The summed E-state index contributed by atoms with van der Waals surface area (Å²) >= 11 is 1.56. The van der Waals surface area contributed by atoms with Gasteiger partial charge in [0.1, 0.15) is 5.82 Å². The highest BCUT2D eigenvalue weighted by molar-refractivity contribution is 7.99. The molecule has 0 fully saturated rings. The molecule has 4 nitrogen and oxygen atoms in total. The molecular formula is C22H34N4S. The molecule has 2 unspecified atom stereocenters. The van der Waals surface area contributed by atoms with Crippen LogP contribution in [-0.4, -0.2) is 28.5 Å². The Hall–Kier alpha value is -1.90. The molecule has 27 heavy (non-hydrogen) atoms. The molecule has 0 bridgehead atoms. The molecule has 2 N–H and O–H groups in total. The van der Waals surface area contributed by atoms with E-state index in [1.54, 1.807) is 16.8 Å². The third-order valence-corrected chi connectivity index (χ3v) is 5.93. The number of likely N-dealkylation sites (N-methyl/N-ethyl adjacent to an activating group) is 1. The summed E-state index contributed by atoms with van der Waals surface area (Å²) in [6.07, 6.45) is 13.6. The van der Waals surface area contributed by atoms with Gasteiger partial charge in [-0.2, -0.15) is 5.26 Å². The van der Waals surface area contributed by atoms with Gasteiger partial charge in [-0.05, 0) is 57.1 Å². The topological polar surface area (TPSA) is 56.3 Å². The summed E-state index contributed by atoms with van der Waals surface area (Å²) in [5.41, 5.74) is 4.28. The molecule has 0 radical (unpaired) electrons. The summed E-state index contributed by atoms with van der Waals surface area (Å²) < 4.78 is 0. The number of nitriles is 1. The Morgan fingerprint density at radius 3 is 2.56 bits per heavy atom. The number of thioether (sulfide) groups is 1. The van der Waals surface area contributed by atoms with E-state index in [9.17, 15) is 5.26 Å². The van der Waals surface area contributed by atoms with Crippen LogP contribution in [0.1, 0.15) is 47.0 Å². The molecule has 5 heteroatoms. The average molecular weight is 387 g/mol. The van der Waals surface area contributed by atoms with Crippen LogP contribution in [0.15, 0.2) is 59.2 Å². The van der Waals surface area contributed by atoms with Gasteiger partial charge in [0.25, 0.3) is 0 Å². The molecule has 0 saturated heterocycles. The van der Waals surface area contributed by atoms with E-state index in [0.29, 0.717) is 0 Å². The van der Waals surface area contributed by atoms with Gasteiger partial charge in [-0.1, -0.05) is 38.2 Å². The largest absolute Gasteiger partial charge is 0.330 e. The van der Waals surface area contributed by atoms with Gasteiger partial charge in [0.15, 0.2) is 0 Å². The SMILES string of the molecule is C=C(C)/C(CC)=C(\C)N(N)/C(=C\C(C)C(C#N)SC)N(C)C1=CCCC=C1. The quantitative estimate of drug-likeness (QED) is 0.330. The molecule has 1 rings (SSSR count). The van der Waals surface area contributed by atoms with Crippen molar-refractivity contribution in [3.05, 3.63) is 59.2 Å². The predicted octanol–water partition coefficient (Wildman–Crippen LogP) is 5.32. The lowest BCUT2D eigenvalue weighted by Gasteiger charge is -2.34. The first-order valence-corrected chi connectivity index (χ1v) is 10.7. The van der Waals surface area contributed by atoms with E-state index in [1.165, 1.54) is 0 Å². The molecule has 0 aromatic heterocycles. The summed E-state index contributed by atoms with van der Waals surface area (Å²) in [6, 6.07) is 2.38.